The highest BCUT2D eigenvalue weighted by atomic mass is 28.4. The van der Waals surface area contributed by atoms with Crippen LogP contribution in [0.5, 0.6) is 0 Å². The fourth-order valence-corrected chi connectivity index (χ4v) is 15.9. The maximum absolute atomic E-state index is 6.75. The minimum Gasteiger partial charge on any atom is -0.455 e. The normalized spacial score (nSPS) is 49.1. The highest BCUT2D eigenvalue weighted by Crippen LogP contribution is 2.70. The Labute approximate surface area is 126 Å². The predicted molar refractivity (Wildman–Crippen MR) is 89.6 cm³/mol. The van der Waals surface area contributed by atoms with Gasteiger partial charge in [0.15, 0.2) is 16.6 Å². The number of rotatable bonds is 3. The second-order valence-corrected chi connectivity index (χ2v) is 18.4. The van der Waals surface area contributed by atoms with Crippen LogP contribution in [0.1, 0.15) is 19.3 Å². The van der Waals surface area contributed by atoms with E-state index in [1.165, 1.54) is 12.8 Å². The summed E-state index contributed by atoms with van der Waals surface area (Å²) in [5.74, 6) is 6.09. The summed E-state index contributed by atoms with van der Waals surface area (Å²) >= 11 is 0. The molecule has 0 aliphatic heterocycles. The van der Waals surface area contributed by atoms with E-state index in [1.54, 1.807) is 6.42 Å². The number of hydrogen-bond acceptors (Lipinski definition) is 1. The van der Waals surface area contributed by atoms with Crippen LogP contribution < -0.4 is 0 Å². The highest BCUT2D eigenvalue weighted by molar-refractivity contribution is 6.85. The zero-order valence-electron chi connectivity index (χ0n) is 13.7. The molecule has 3 fully saturated rings. The maximum Gasteiger partial charge on any atom is 0.176 e. The van der Waals surface area contributed by atoms with E-state index in [1.807, 2.05) is 0 Å². The van der Waals surface area contributed by atoms with Gasteiger partial charge in [-0.2, -0.15) is 0 Å². The van der Waals surface area contributed by atoms with Gasteiger partial charge in [-0.25, -0.2) is 0 Å². The molecule has 0 amide bonds. The fourth-order valence-electron chi connectivity index (χ4n) is 6.68. The van der Waals surface area contributed by atoms with Crippen LogP contribution in [0.25, 0.3) is 0 Å². The summed E-state index contributed by atoms with van der Waals surface area (Å²) in [4.78, 5) is 0. The lowest BCUT2D eigenvalue weighted by Gasteiger charge is -2.44. The summed E-state index contributed by atoms with van der Waals surface area (Å²) in [6, 6.07) is 0. The minimum absolute atomic E-state index is 0.944. The summed E-state index contributed by atoms with van der Waals surface area (Å²) in [5, 5.41) is 0. The molecule has 1 nitrogen and oxygen atoms in total. The molecule has 7 atom stereocenters. The van der Waals surface area contributed by atoms with Crippen molar-refractivity contribution in [2.24, 2.45) is 35.5 Å². The van der Waals surface area contributed by atoms with Crippen molar-refractivity contribution in [3.63, 3.8) is 0 Å². The molecule has 0 spiro atoms. The molecule has 4 aliphatic rings. The summed E-state index contributed by atoms with van der Waals surface area (Å²) in [7, 11) is -2.90. The molecule has 4 aliphatic carbocycles. The summed E-state index contributed by atoms with van der Waals surface area (Å²) in [5.41, 5.74) is 0.952. The quantitative estimate of drug-likeness (QED) is 0.410. The van der Waals surface area contributed by atoms with Crippen molar-refractivity contribution < 1.29 is 4.12 Å². The van der Waals surface area contributed by atoms with Crippen LogP contribution >= 0.6 is 0 Å². The van der Waals surface area contributed by atoms with Crippen molar-refractivity contribution in [3.05, 3.63) is 12.2 Å². The van der Waals surface area contributed by atoms with Gasteiger partial charge in [0.05, 0.1) is 0 Å². The Hall–Kier alpha value is 0.134. The van der Waals surface area contributed by atoms with Gasteiger partial charge in [-0.15, -0.1) is 0 Å². The summed E-state index contributed by atoms with van der Waals surface area (Å²) < 4.78 is 6.75. The van der Waals surface area contributed by atoms with Gasteiger partial charge in [0.25, 0.3) is 0 Å². The number of fused-ring (bicyclic) bond motifs is 9. The Kier molecular flexibility index (Phi) is 2.83. The van der Waals surface area contributed by atoms with Gasteiger partial charge in [-0.3, -0.25) is 0 Å². The van der Waals surface area contributed by atoms with Gasteiger partial charge < -0.3 is 4.12 Å². The fraction of sp³-hybridized carbons (Fsp3) is 0.882. The third kappa shape index (κ3) is 1.89. The first-order chi connectivity index (χ1) is 9.26. The molecule has 0 heterocycles. The Balaban J connectivity index is 1.57. The van der Waals surface area contributed by atoms with E-state index in [2.05, 4.69) is 44.9 Å². The molecule has 112 valence electrons. The average Bonchev–Trinajstić information content (AvgIpc) is 3.04. The lowest BCUT2D eigenvalue weighted by atomic mass is 9.73. The molecule has 20 heavy (non-hydrogen) atoms. The highest BCUT2D eigenvalue weighted by Gasteiger charge is 2.63. The monoisotopic (exact) mass is 306 g/mol. The first-order valence-corrected chi connectivity index (χ1v) is 15.0. The molecular formula is C17H30OSi2. The molecule has 0 aromatic heterocycles. The van der Waals surface area contributed by atoms with Gasteiger partial charge >= 0.3 is 0 Å². The van der Waals surface area contributed by atoms with Crippen LogP contribution in [-0.2, 0) is 4.12 Å². The first kappa shape index (κ1) is 13.8. The standard InChI is InChI=1S/C17H30OSi2/c1-19(2,3)18-20(4,5)15-10-13-9-14(15)17-12-7-6-11(8-12)16(13)17/h6-7,11-17H,8-10H2,1-5H3. The summed E-state index contributed by atoms with van der Waals surface area (Å²) in [6.45, 7) is 12.2. The van der Waals surface area contributed by atoms with E-state index in [-0.39, 0.29) is 0 Å². The zero-order chi connectivity index (χ0) is 14.3. The maximum atomic E-state index is 6.75. The number of allylic oxidation sites excluding steroid dienone is 2. The third-order valence-corrected chi connectivity index (χ3v) is 13.7. The molecule has 0 radical (unpaired) electrons. The zero-order valence-corrected chi connectivity index (χ0v) is 15.7. The van der Waals surface area contributed by atoms with Crippen LogP contribution in [0.3, 0.4) is 0 Å². The molecule has 7 unspecified atom stereocenters. The second-order valence-electron chi connectivity index (χ2n) is 9.42. The van der Waals surface area contributed by atoms with Crippen LogP contribution in [-0.4, -0.2) is 16.6 Å². The van der Waals surface area contributed by atoms with Crippen molar-refractivity contribution in [1.82, 2.24) is 0 Å². The third-order valence-electron chi connectivity index (χ3n) is 6.73. The van der Waals surface area contributed by atoms with Gasteiger partial charge in [0, 0.05) is 0 Å². The molecule has 0 aromatic rings. The van der Waals surface area contributed by atoms with Crippen LogP contribution in [0.15, 0.2) is 12.2 Å². The Bertz CT molecular complexity index is 450. The van der Waals surface area contributed by atoms with E-state index in [4.69, 9.17) is 4.12 Å². The SMILES string of the molecule is C[Si](C)(C)O[Si](C)(C)C1CC2CC1C1C3C=CC(C3)C21. The molecule has 0 N–H and O–H groups in total. The Morgan fingerprint density at radius 3 is 2.15 bits per heavy atom. The predicted octanol–water partition coefficient (Wildman–Crippen LogP) is 4.89. The molecule has 4 rings (SSSR count). The molecular weight excluding hydrogens is 276 g/mol. The Morgan fingerprint density at radius 2 is 1.50 bits per heavy atom. The van der Waals surface area contributed by atoms with Crippen LogP contribution in [0.4, 0.5) is 0 Å². The lowest BCUT2D eigenvalue weighted by Crippen LogP contribution is -2.49. The van der Waals surface area contributed by atoms with Crippen LogP contribution in [0.2, 0.25) is 38.3 Å². The number of hydrogen-bond donors (Lipinski definition) is 0. The lowest BCUT2D eigenvalue weighted by molar-refractivity contribution is 0.198. The van der Waals surface area contributed by atoms with Crippen molar-refractivity contribution >= 4 is 16.6 Å². The Morgan fingerprint density at radius 1 is 0.850 bits per heavy atom. The average molecular weight is 307 g/mol. The molecule has 0 aromatic carbocycles. The molecule has 0 saturated heterocycles. The largest absolute Gasteiger partial charge is 0.455 e. The van der Waals surface area contributed by atoms with Crippen molar-refractivity contribution in [3.8, 4) is 0 Å². The second kappa shape index (κ2) is 4.11. The molecule has 4 bridgehead atoms. The summed E-state index contributed by atoms with van der Waals surface area (Å²) in [6.07, 6.45) is 9.67. The van der Waals surface area contributed by atoms with Crippen LogP contribution in [0, 0.1) is 35.5 Å². The first-order valence-electron chi connectivity index (χ1n) is 8.65. The molecule has 3 heteroatoms. The van der Waals surface area contributed by atoms with Crippen molar-refractivity contribution in [1.29, 1.82) is 0 Å². The van der Waals surface area contributed by atoms with E-state index in [0.717, 1.165) is 41.0 Å². The van der Waals surface area contributed by atoms with Crippen molar-refractivity contribution in [2.45, 2.75) is 57.5 Å². The van der Waals surface area contributed by atoms with E-state index in [0.29, 0.717) is 0 Å². The van der Waals surface area contributed by atoms with Gasteiger partial charge in [0.2, 0.25) is 0 Å². The smallest absolute Gasteiger partial charge is 0.176 e. The van der Waals surface area contributed by atoms with E-state index in [9.17, 15) is 0 Å². The topological polar surface area (TPSA) is 9.23 Å². The van der Waals surface area contributed by atoms with E-state index >= 15 is 0 Å². The molecule has 3 saturated carbocycles. The van der Waals surface area contributed by atoms with Crippen molar-refractivity contribution in [2.75, 3.05) is 0 Å². The minimum atomic E-state index is -1.51. The van der Waals surface area contributed by atoms with Gasteiger partial charge in [-0.1, -0.05) is 12.2 Å². The van der Waals surface area contributed by atoms with Gasteiger partial charge in [0.1, 0.15) is 0 Å². The van der Waals surface area contributed by atoms with Gasteiger partial charge in [-0.05, 0) is 93.0 Å². The van der Waals surface area contributed by atoms with E-state index < -0.39 is 16.6 Å².